The molecule has 1 aromatic carbocycles. The third-order valence-corrected chi connectivity index (χ3v) is 3.21. The van der Waals surface area contributed by atoms with Gasteiger partial charge in [-0.15, -0.1) is 0 Å². The number of benzene rings is 1. The molecule has 1 aromatic rings. The third kappa shape index (κ3) is 1.92. The van der Waals surface area contributed by atoms with Gasteiger partial charge in [-0.25, -0.2) is 0 Å². The van der Waals surface area contributed by atoms with Gasteiger partial charge < -0.3 is 10.0 Å². The van der Waals surface area contributed by atoms with Gasteiger partial charge in [0.2, 0.25) is 0 Å². The maximum atomic E-state index is 11.9. The number of carbonyl (C=O) groups excluding carboxylic acids is 1. The van der Waals surface area contributed by atoms with Gasteiger partial charge in [-0.05, 0) is 24.6 Å². The highest BCUT2D eigenvalue weighted by atomic mass is 79.9. The summed E-state index contributed by atoms with van der Waals surface area (Å²) in [5.74, 6) is 0.00667. The highest BCUT2D eigenvalue weighted by molar-refractivity contribution is 9.10. The van der Waals surface area contributed by atoms with Crippen LogP contribution in [0.2, 0.25) is 0 Å². The molecule has 0 radical (unpaired) electrons. The van der Waals surface area contributed by atoms with Gasteiger partial charge in [0.1, 0.15) is 0 Å². The maximum absolute atomic E-state index is 11.9. The molecule has 1 amide bonds. The van der Waals surface area contributed by atoms with E-state index in [0.29, 0.717) is 13.1 Å². The smallest absolute Gasteiger partial charge is 0.254 e. The van der Waals surface area contributed by atoms with Crippen LogP contribution >= 0.6 is 15.9 Å². The highest BCUT2D eigenvalue weighted by Crippen LogP contribution is 2.29. The zero-order chi connectivity index (χ0) is 11.0. The van der Waals surface area contributed by atoms with Gasteiger partial charge in [0, 0.05) is 23.1 Å². The number of rotatable bonds is 2. The van der Waals surface area contributed by atoms with Crippen LogP contribution in [0.4, 0.5) is 0 Å². The maximum Gasteiger partial charge on any atom is 0.254 e. The molecule has 1 aliphatic rings. The first-order valence-electron chi connectivity index (χ1n) is 4.84. The van der Waals surface area contributed by atoms with E-state index in [4.69, 9.17) is 0 Å². The molecule has 1 atom stereocenters. The van der Waals surface area contributed by atoms with Crippen LogP contribution in [0.15, 0.2) is 22.7 Å². The van der Waals surface area contributed by atoms with Gasteiger partial charge in [-0.2, -0.15) is 0 Å². The number of aliphatic hydroxyl groups excluding tert-OH is 1. The van der Waals surface area contributed by atoms with Crippen LogP contribution in [-0.2, 0) is 6.54 Å². The van der Waals surface area contributed by atoms with Crippen molar-refractivity contribution in [1.29, 1.82) is 0 Å². The van der Waals surface area contributed by atoms with Crippen LogP contribution in [0, 0.1) is 0 Å². The van der Waals surface area contributed by atoms with Crippen LogP contribution in [-0.4, -0.2) is 28.6 Å². The van der Waals surface area contributed by atoms with E-state index in [9.17, 15) is 9.90 Å². The molecular formula is C11H12BrNO2. The minimum Gasteiger partial charge on any atom is -0.392 e. The third-order valence-electron chi connectivity index (χ3n) is 2.47. The topological polar surface area (TPSA) is 40.5 Å². The van der Waals surface area contributed by atoms with Gasteiger partial charge >= 0.3 is 0 Å². The second-order valence-corrected chi connectivity index (χ2v) is 4.65. The molecule has 15 heavy (non-hydrogen) atoms. The molecule has 0 bridgehead atoms. The molecule has 0 aromatic heterocycles. The number of fused-ring (bicyclic) bond motifs is 1. The number of β-amino-alcohol motifs (C(OH)–C–C–N with tert-alkyl or cyclic N) is 1. The molecule has 3 nitrogen and oxygen atoms in total. The summed E-state index contributed by atoms with van der Waals surface area (Å²) >= 11 is 3.43. The summed E-state index contributed by atoms with van der Waals surface area (Å²) in [5.41, 5.74) is 1.76. The van der Waals surface area contributed by atoms with Crippen LogP contribution in [0.1, 0.15) is 22.8 Å². The standard InChI is InChI=1S/C11H12BrNO2/c1-7(14)5-13-6-9-8(11(13)15)3-2-4-10(9)12/h2-4,7,14H,5-6H2,1H3. The van der Waals surface area contributed by atoms with Crippen molar-refractivity contribution in [2.75, 3.05) is 6.54 Å². The lowest BCUT2D eigenvalue weighted by Gasteiger charge is -2.17. The predicted octanol–water partition coefficient (Wildman–Crippen LogP) is 1.79. The summed E-state index contributed by atoms with van der Waals surface area (Å²) in [4.78, 5) is 13.5. The number of hydrogen-bond donors (Lipinski definition) is 1. The van der Waals surface area contributed by atoms with E-state index in [2.05, 4.69) is 15.9 Å². The number of amides is 1. The largest absolute Gasteiger partial charge is 0.392 e. The van der Waals surface area contributed by atoms with Gasteiger partial charge in [-0.3, -0.25) is 4.79 Å². The Morgan fingerprint density at radius 1 is 1.60 bits per heavy atom. The molecule has 2 rings (SSSR count). The van der Waals surface area contributed by atoms with Crippen molar-refractivity contribution in [2.45, 2.75) is 19.6 Å². The van der Waals surface area contributed by atoms with Crippen molar-refractivity contribution < 1.29 is 9.90 Å². The Labute approximate surface area is 96.8 Å². The normalized spacial score (nSPS) is 16.7. The number of halogens is 1. The summed E-state index contributed by atoms with van der Waals surface area (Å²) in [5, 5.41) is 9.27. The number of aliphatic hydroxyl groups is 1. The van der Waals surface area contributed by atoms with Crippen LogP contribution in [0.5, 0.6) is 0 Å². The summed E-state index contributed by atoms with van der Waals surface area (Å²) in [6.07, 6.45) is -0.484. The van der Waals surface area contributed by atoms with E-state index in [1.807, 2.05) is 18.2 Å². The summed E-state index contributed by atoms with van der Waals surface area (Å²) in [6.45, 7) is 2.66. The molecule has 0 aliphatic carbocycles. The molecule has 80 valence electrons. The van der Waals surface area contributed by atoms with E-state index in [1.54, 1.807) is 11.8 Å². The SMILES string of the molecule is CC(O)CN1Cc2c(Br)cccc2C1=O. The minimum atomic E-state index is -0.484. The monoisotopic (exact) mass is 269 g/mol. The van der Waals surface area contributed by atoms with Gasteiger partial charge in [-0.1, -0.05) is 22.0 Å². The highest BCUT2D eigenvalue weighted by Gasteiger charge is 2.28. The van der Waals surface area contributed by atoms with E-state index in [0.717, 1.165) is 15.6 Å². The van der Waals surface area contributed by atoms with Gasteiger partial charge in [0.15, 0.2) is 0 Å². The average molecular weight is 270 g/mol. The lowest BCUT2D eigenvalue weighted by Crippen LogP contribution is -2.31. The first-order valence-corrected chi connectivity index (χ1v) is 5.63. The summed E-state index contributed by atoms with van der Waals surface area (Å²) in [7, 11) is 0. The van der Waals surface area contributed by atoms with E-state index < -0.39 is 6.10 Å². The molecule has 1 aliphatic heterocycles. The van der Waals surface area contributed by atoms with Crippen molar-refractivity contribution >= 4 is 21.8 Å². The van der Waals surface area contributed by atoms with Crippen LogP contribution < -0.4 is 0 Å². The second-order valence-electron chi connectivity index (χ2n) is 3.80. The Morgan fingerprint density at radius 3 is 2.93 bits per heavy atom. The molecular weight excluding hydrogens is 258 g/mol. The van der Waals surface area contributed by atoms with Crippen molar-refractivity contribution in [3.63, 3.8) is 0 Å². The van der Waals surface area contributed by atoms with Crippen LogP contribution in [0.3, 0.4) is 0 Å². The number of carbonyl (C=O) groups is 1. The van der Waals surface area contributed by atoms with Crippen molar-refractivity contribution in [3.8, 4) is 0 Å². The Bertz CT molecular complexity index is 404. The first kappa shape index (κ1) is 10.6. The molecule has 1 heterocycles. The first-order chi connectivity index (χ1) is 7.09. The quantitative estimate of drug-likeness (QED) is 0.890. The zero-order valence-corrected chi connectivity index (χ0v) is 9.99. The lowest BCUT2D eigenvalue weighted by molar-refractivity contribution is 0.0672. The summed E-state index contributed by atoms with van der Waals surface area (Å²) < 4.78 is 0.960. The average Bonchev–Trinajstić information content (AvgIpc) is 2.46. The van der Waals surface area contributed by atoms with Crippen LogP contribution in [0.25, 0.3) is 0 Å². The minimum absolute atomic E-state index is 0.00667. The number of nitrogens with zero attached hydrogens (tertiary/aromatic N) is 1. The van der Waals surface area contributed by atoms with Crippen molar-refractivity contribution in [2.24, 2.45) is 0 Å². The molecule has 1 unspecified atom stereocenters. The fraction of sp³-hybridized carbons (Fsp3) is 0.364. The lowest BCUT2D eigenvalue weighted by atomic mass is 10.1. The molecule has 0 saturated heterocycles. The van der Waals surface area contributed by atoms with Gasteiger partial charge in [0.05, 0.1) is 6.10 Å². The van der Waals surface area contributed by atoms with E-state index in [1.165, 1.54) is 0 Å². The Balaban J connectivity index is 2.29. The van der Waals surface area contributed by atoms with E-state index >= 15 is 0 Å². The zero-order valence-electron chi connectivity index (χ0n) is 8.40. The fourth-order valence-corrected chi connectivity index (χ4v) is 2.31. The molecule has 1 N–H and O–H groups in total. The number of hydrogen-bond acceptors (Lipinski definition) is 2. The Morgan fingerprint density at radius 2 is 2.33 bits per heavy atom. The Hall–Kier alpha value is -0.870. The Kier molecular flexibility index (Phi) is 2.80. The molecule has 0 saturated carbocycles. The molecule has 4 heteroatoms. The second kappa shape index (κ2) is 3.94. The fourth-order valence-electron chi connectivity index (χ4n) is 1.82. The van der Waals surface area contributed by atoms with E-state index in [-0.39, 0.29) is 5.91 Å². The van der Waals surface area contributed by atoms with Crippen molar-refractivity contribution in [1.82, 2.24) is 4.90 Å². The molecule has 0 fully saturated rings. The predicted molar refractivity (Wildman–Crippen MR) is 60.6 cm³/mol. The summed E-state index contributed by atoms with van der Waals surface area (Å²) in [6, 6.07) is 5.61. The van der Waals surface area contributed by atoms with Gasteiger partial charge in [0.25, 0.3) is 5.91 Å². The molecule has 0 spiro atoms. The van der Waals surface area contributed by atoms with Crippen molar-refractivity contribution in [3.05, 3.63) is 33.8 Å².